The van der Waals surface area contributed by atoms with E-state index in [1.165, 1.54) is 148 Å². The number of allylic oxidation sites excluding steroid dienone is 16. The van der Waals surface area contributed by atoms with Crippen LogP contribution in [0.15, 0.2) is 97.2 Å². The summed E-state index contributed by atoms with van der Waals surface area (Å²) in [5.41, 5.74) is 0. The van der Waals surface area contributed by atoms with Gasteiger partial charge in [0.1, 0.15) is 13.2 Å². The molecule has 0 spiro atoms. The molecule has 0 fully saturated rings. The molecule has 412 valence electrons. The van der Waals surface area contributed by atoms with E-state index in [9.17, 15) is 14.4 Å². The normalized spacial score (nSPS) is 12.8. The third-order valence-electron chi connectivity index (χ3n) is 12.8. The molecule has 0 aromatic heterocycles. The van der Waals surface area contributed by atoms with Crippen LogP contribution in [0.25, 0.3) is 0 Å². The summed E-state index contributed by atoms with van der Waals surface area (Å²) in [4.78, 5) is 38.1. The quantitative estimate of drug-likeness (QED) is 0.0261. The SMILES string of the molecule is CC/C=C\C/C=C\C/C=C\C/C=C\CCC(=O)OCC(COC(=O)CCCCCCCCCCCCCC/C=C\C/C=C\C/C=C\CCCCCCC)OC(=O)CCCCCCC/C=C\CCCCCCC. The van der Waals surface area contributed by atoms with Gasteiger partial charge < -0.3 is 14.2 Å². The second-order valence-corrected chi connectivity index (χ2v) is 19.9. The summed E-state index contributed by atoms with van der Waals surface area (Å²) in [5, 5.41) is 0. The molecule has 0 rings (SSSR count). The first-order chi connectivity index (χ1) is 35.5. The molecule has 0 N–H and O–H groups in total. The summed E-state index contributed by atoms with van der Waals surface area (Å²) >= 11 is 0. The van der Waals surface area contributed by atoms with Crippen molar-refractivity contribution in [3.63, 3.8) is 0 Å². The largest absolute Gasteiger partial charge is 0.462 e. The fourth-order valence-corrected chi connectivity index (χ4v) is 8.28. The summed E-state index contributed by atoms with van der Waals surface area (Å²) in [6, 6.07) is 0. The average Bonchev–Trinajstić information content (AvgIpc) is 3.38. The Morgan fingerprint density at radius 2 is 0.569 bits per heavy atom. The molecule has 0 bridgehead atoms. The van der Waals surface area contributed by atoms with Gasteiger partial charge >= 0.3 is 17.9 Å². The van der Waals surface area contributed by atoms with E-state index >= 15 is 0 Å². The lowest BCUT2D eigenvalue weighted by Crippen LogP contribution is -2.30. The van der Waals surface area contributed by atoms with Crippen LogP contribution < -0.4 is 0 Å². The molecule has 1 atom stereocenters. The summed E-state index contributed by atoms with van der Waals surface area (Å²) in [6.07, 6.45) is 80.0. The minimum absolute atomic E-state index is 0.104. The van der Waals surface area contributed by atoms with Gasteiger partial charge in [0.25, 0.3) is 0 Å². The molecule has 0 heterocycles. The highest BCUT2D eigenvalue weighted by atomic mass is 16.6. The van der Waals surface area contributed by atoms with Crippen molar-refractivity contribution < 1.29 is 28.6 Å². The Hall–Kier alpha value is -3.67. The molecule has 0 aliphatic rings. The lowest BCUT2D eigenvalue weighted by molar-refractivity contribution is -0.166. The molecule has 0 saturated heterocycles. The Labute approximate surface area is 445 Å². The number of ether oxygens (including phenoxy) is 3. The first kappa shape index (κ1) is 68.3. The van der Waals surface area contributed by atoms with Crippen LogP contribution in [0.2, 0.25) is 0 Å². The van der Waals surface area contributed by atoms with Crippen molar-refractivity contribution in [2.45, 2.75) is 290 Å². The molecule has 1 unspecified atom stereocenters. The zero-order chi connectivity index (χ0) is 52.2. The van der Waals surface area contributed by atoms with E-state index in [0.29, 0.717) is 19.3 Å². The molecule has 0 aliphatic heterocycles. The Kier molecular flexibility index (Phi) is 56.8. The van der Waals surface area contributed by atoms with Crippen LogP contribution in [0.5, 0.6) is 0 Å². The molecule has 72 heavy (non-hydrogen) atoms. The minimum atomic E-state index is -0.812. The van der Waals surface area contributed by atoms with E-state index in [-0.39, 0.29) is 37.5 Å². The Morgan fingerprint density at radius 3 is 0.944 bits per heavy atom. The Morgan fingerprint density at radius 1 is 0.292 bits per heavy atom. The highest BCUT2D eigenvalue weighted by Gasteiger charge is 2.19. The van der Waals surface area contributed by atoms with Crippen LogP contribution in [0.3, 0.4) is 0 Å². The van der Waals surface area contributed by atoms with Gasteiger partial charge in [0.05, 0.1) is 0 Å². The summed E-state index contributed by atoms with van der Waals surface area (Å²) in [7, 11) is 0. The summed E-state index contributed by atoms with van der Waals surface area (Å²) in [6.45, 7) is 6.44. The molecule has 0 radical (unpaired) electrons. The highest BCUT2D eigenvalue weighted by Crippen LogP contribution is 2.15. The molecule has 0 aromatic carbocycles. The van der Waals surface area contributed by atoms with Gasteiger partial charge in [-0.3, -0.25) is 14.4 Å². The number of carbonyl (C=O) groups is 3. The monoisotopic (exact) mass is 1000 g/mol. The van der Waals surface area contributed by atoms with Gasteiger partial charge in [-0.1, -0.05) is 253 Å². The van der Waals surface area contributed by atoms with Crippen LogP contribution in [0.1, 0.15) is 284 Å². The van der Waals surface area contributed by atoms with Gasteiger partial charge in [0.15, 0.2) is 6.10 Å². The average molecular weight is 1000 g/mol. The van der Waals surface area contributed by atoms with Gasteiger partial charge in [-0.05, 0) is 109 Å². The standard InChI is InChI=1S/C66H112O6/c1-4-7-10-13-16-19-22-25-27-28-29-30-31-32-33-34-35-36-37-38-39-42-44-47-50-53-56-59-65(68)71-62-63(61-70-64(67)58-55-52-49-46-43-40-24-21-18-15-12-9-6-3)72-66(69)60-57-54-51-48-45-41-26-23-20-17-14-11-8-5-2/h9,12,18,21-23,25-26,28-29,31-32,40,43,49,52,63H,4-8,10-11,13-17,19-20,24,27,30,33-39,41-42,44-48,50-51,53-62H2,1-3H3/b12-9-,21-18-,25-22-,26-23-,29-28-,32-31-,43-40-,52-49-. The fourth-order valence-electron chi connectivity index (χ4n) is 8.28. The number of unbranched alkanes of at least 4 members (excludes halogenated alkanes) is 27. The van der Waals surface area contributed by atoms with Gasteiger partial charge in [0, 0.05) is 19.3 Å². The van der Waals surface area contributed by atoms with E-state index < -0.39 is 6.10 Å². The first-order valence-corrected chi connectivity index (χ1v) is 30.2. The number of hydrogen-bond acceptors (Lipinski definition) is 6. The van der Waals surface area contributed by atoms with Crippen LogP contribution in [-0.2, 0) is 28.6 Å². The third-order valence-corrected chi connectivity index (χ3v) is 12.8. The van der Waals surface area contributed by atoms with Crippen molar-refractivity contribution in [3.8, 4) is 0 Å². The topological polar surface area (TPSA) is 78.9 Å². The van der Waals surface area contributed by atoms with E-state index in [4.69, 9.17) is 14.2 Å². The third kappa shape index (κ3) is 57.2. The predicted molar refractivity (Wildman–Crippen MR) is 311 cm³/mol. The van der Waals surface area contributed by atoms with Gasteiger partial charge in [0.2, 0.25) is 0 Å². The Balaban J connectivity index is 4.30. The van der Waals surface area contributed by atoms with Crippen LogP contribution in [0.4, 0.5) is 0 Å². The van der Waals surface area contributed by atoms with Crippen molar-refractivity contribution in [2.24, 2.45) is 0 Å². The molecular formula is C66H112O6. The minimum Gasteiger partial charge on any atom is -0.462 e. The van der Waals surface area contributed by atoms with Crippen LogP contribution in [0, 0.1) is 0 Å². The molecule has 6 nitrogen and oxygen atoms in total. The second-order valence-electron chi connectivity index (χ2n) is 19.9. The smallest absolute Gasteiger partial charge is 0.306 e. The van der Waals surface area contributed by atoms with E-state index in [2.05, 4.69) is 112 Å². The number of hydrogen-bond donors (Lipinski definition) is 0. The van der Waals surface area contributed by atoms with Crippen molar-refractivity contribution in [3.05, 3.63) is 97.2 Å². The van der Waals surface area contributed by atoms with Gasteiger partial charge in [-0.15, -0.1) is 0 Å². The maximum atomic E-state index is 12.8. The van der Waals surface area contributed by atoms with Crippen molar-refractivity contribution in [1.82, 2.24) is 0 Å². The molecule has 0 aliphatic carbocycles. The van der Waals surface area contributed by atoms with Gasteiger partial charge in [-0.2, -0.15) is 0 Å². The molecule has 0 amide bonds. The lowest BCUT2D eigenvalue weighted by atomic mass is 10.0. The zero-order valence-electron chi connectivity index (χ0n) is 47.2. The maximum absolute atomic E-state index is 12.8. The Bertz CT molecular complexity index is 1430. The van der Waals surface area contributed by atoms with Crippen molar-refractivity contribution in [2.75, 3.05) is 13.2 Å². The lowest BCUT2D eigenvalue weighted by Gasteiger charge is -2.18. The van der Waals surface area contributed by atoms with Crippen molar-refractivity contribution in [1.29, 1.82) is 0 Å². The molecule has 0 saturated carbocycles. The summed E-state index contributed by atoms with van der Waals surface area (Å²) < 4.78 is 16.8. The highest BCUT2D eigenvalue weighted by molar-refractivity contribution is 5.71. The number of esters is 3. The number of carbonyl (C=O) groups excluding carboxylic acids is 3. The molecular weight excluding hydrogens is 889 g/mol. The molecule has 0 aromatic rings. The second kappa shape index (κ2) is 59.9. The van der Waals surface area contributed by atoms with E-state index in [1.807, 2.05) is 6.08 Å². The van der Waals surface area contributed by atoms with Crippen molar-refractivity contribution >= 4 is 17.9 Å². The van der Waals surface area contributed by atoms with E-state index in [1.54, 1.807) is 0 Å². The fraction of sp³-hybridized carbons (Fsp3) is 0.712. The van der Waals surface area contributed by atoms with E-state index in [0.717, 1.165) is 89.9 Å². The van der Waals surface area contributed by atoms with Crippen LogP contribution in [-0.4, -0.2) is 37.2 Å². The zero-order valence-corrected chi connectivity index (χ0v) is 47.2. The first-order valence-electron chi connectivity index (χ1n) is 30.2. The predicted octanol–water partition coefficient (Wildman–Crippen LogP) is 20.5. The summed E-state index contributed by atoms with van der Waals surface area (Å²) in [5.74, 6) is -0.995. The van der Waals surface area contributed by atoms with Crippen LogP contribution >= 0.6 is 0 Å². The maximum Gasteiger partial charge on any atom is 0.306 e. The molecule has 6 heteroatoms. The van der Waals surface area contributed by atoms with Gasteiger partial charge in [-0.25, -0.2) is 0 Å². The number of rotatable bonds is 54.